The summed E-state index contributed by atoms with van der Waals surface area (Å²) < 4.78 is 41.2. The highest BCUT2D eigenvalue weighted by Gasteiger charge is 2.31. The summed E-state index contributed by atoms with van der Waals surface area (Å²) in [5.41, 5.74) is 0.578. The molecule has 31 heavy (non-hydrogen) atoms. The summed E-state index contributed by atoms with van der Waals surface area (Å²) in [5, 5.41) is 11.8. The molecule has 1 atom stereocenters. The van der Waals surface area contributed by atoms with Crippen molar-refractivity contribution < 1.29 is 18.0 Å². The van der Waals surface area contributed by atoms with E-state index in [0.29, 0.717) is 22.8 Å². The van der Waals surface area contributed by atoms with Gasteiger partial charge in [-0.2, -0.15) is 17.0 Å². The predicted octanol–water partition coefficient (Wildman–Crippen LogP) is 4.27. The molecule has 6 nitrogen and oxygen atoms in total. The average molecular weight is 444 g/mol. The van der Waals surface area contributed by atoms with E-state index in [1.165, 1.54) is 35.8 Å². The summed E-state index contributed by atoms with van der Waals surface area (Å²) in [7, 11) is 1.53. The van der Waals surface area contributed by atoms with Crippen molar-refractivity contribution >= 4 is 34.3 Å². The molecule has 0 spiro atoms. The highest BCUT2D eigenvalue weighted by atomic mass is 32.2. The van der Waals surface area contributed by atoms with Crippen molar-refractivity contribution in [2.24, 2.45) is 0 Å². The fourth-order valence-electron chi connectivity index (χ4n) is 3.59. The molecular weight excluding hydrogens is 429 g/mol. The van der Waals surface area contributed by atoms with Gasteiger partial charge in [0.1, 0.15) is 11.9 Å². The lowest BCUT2D eigenvalue weighted by atomic mass is 9.97. The standard InChI is InChI=1S/C21H15F3N4O2S/c1-28(21(30)26-11-2-3-14(22)10(4-11)7-25)18-9-31-8-17-19(18)12-5-15(23)16(24)6-13(12)20(29)27-17/h2-6,18H,8-9H2,1H3,(H,26,30)(H,27,29)/t18-/m0/s1. The number of amides is 2. The third-order valence-corrected chi connectivity index (χ3v) is 6.21. The molecule has 2 N–H and O–H groups in total. The van der Waals surface area contributed by atoms with E-state index in [1.54, 1.807) is 6.07 Å². The van der Waals surface area contributed by atoms with Gasteiger partial charge in [-0.3, -0.25) is 4.79 Å². The van der Waals surface area contributed by atoms with Crippen LogP contribution in [0.25, 0.3) is 10.8 Å². The Kier molecular flexibility index (Phi) is 5.37. The summed E-state index contributed by atoms with van der Waals surface area (Å²) in [4.78, 5) is 29.3. The Balaban J connectivity index is 1.73. The Bertz CT molecular complexity index is 1320. The predicted molar refractivity (Wildman–Crippen MR) is 111 cm³/mol. The Hall–Kier alpha value is -3.45. The van der Waals surface area contributed by atoms with Gasteiger partial charge < -0.3 is 15.2 Å². The second kappa shape index (κ2) is 8.00. The van der Waals surface area contributed by atoms with Crippen LogP contribution in [-0.4, -0.2) is 28.7 Å². The van der Waals surface area contributed by atoms with E-state index in [-0.39, 0.29) is 22.0 Å². The number of rotatable bonds is 2. The minimum atomic E-state index is -1.13. The number of hydrogen-bond donors (Lipinski definition) is 2. The number of thioether (sulfide) groups is 1. The number of carbonyl (C=O) groups is 1. The molecule has 2 amide bonds. The number of nitrogens with one attached hydrogen (secondary N) is 2. The van der Waals surface area contributed by atoms with Crippen molar-refractivity contribution in [3.8, 4) is 6.07 Å². The topological polar surface area (TPSA) is 89.0 Å². The van der Waals surface area contributed by atoms with Gasteiger partial charge >= 0.3 is 6.03 Å². The zero-order valence-corrected chi connectivity index (χ0v) is 16.9. The van der Waals surface area contributed by atoms with Crippen molar-refractivity contribution in [3.63, 3.8) is 0 Å². The van der Waals surface area contributed by atoms with Crippen LogP contribution in [-0.2, 0) is 5.75 Å². The molecule has 1 aliphatic rings. The molecule has 1 aromatic heterocycles. The molecule has 158 valence electrons. The Morgan fingerprint density at radius 3 is 2.61 bits per heavy atom. The van der Waals surface area contributed by atoms with E-state index in [1.807, 2.05) is 0 Å². The second-order valence-corrected chi connectivity index (χ2v) is 8.07. The molecule has 0 saturated heterocycles. The lowest BCUT2D eigenvalue weighted by Gasteiger charge is -2.33. The Labute approximate surface area is 178 Å². The number of hydrogen-bond acceptors (Lipinski definition) is 4. The van der Waals surface area contributed by atoms with Crippen molar-refractivity contribution in [1.82, 2.24) is 9.88 Å². The van der Waals surface area contributed by atoms with Crippen LogP contribution in [0.15, 0.2) is 35.1 Å². The lowest BCUT2D eigenvalue weighted by Crippen LogP contribution is -2.38. The molecular formula is C21H15F3N4O2S. The van der Waals surface area contributed by atoms with Crippen LogP contribution >= 0.6 is 11.8 Å². The molecule has 10 heteroatoms. The lowest BCUT2D eigenvalue weighted by molar-refractivity contribution is 0.209. The highest BCUT2D eigenvalue weighted by Crippen LogP contribution is 2.38. The third kappa shape index (κ3) is 3.72. The fourth-order valence-corrected chi connectivity index (χ4v) is 4.75. The van der Waals surface area contributed by atoms with Gasteiger partial charge in [-0.25, -0.2) is 18.0 Å². The maximum absolute atomic E-state index is 14.0. The van der Waals surface area contributed by atoms with Crippen molar-refractivity contribution in [2.75, 3.05) is 18.1 Å². The van der Waals surface area contributed by atoms with Crippen LogP contribution in [0.4, 0.5) is 23.7 Å². The smallest absolute Gasteiger partial charge is 0.322 e. The number of benzene rings is 2. The van der Waals surface area contributed by atoms with Crippen molar-refractivity contribution in [3.05, 3.63) is 75.0 Å². The number of H-pyrrole nitrogens is 1. The van der Waals surface area contributed by atoms with E-state index in [0.717, 1.165) is 18.2 Å². The SMILES string of the molecule is CN(C(=O)Nc1ccc(F)c(C#N)c1)[C@H]1CSCc2[nH]c(=O)c3cc(F)c(F)cc3c21. The first-order valence-electron chi connectivity index (χ1n) is 9.15. The molecule has 0 unspecified atom stereocenters. The first-order chi connectivity index (χ1) is 14.8. The number of urea groups is 1. The number of pyridine rings is 1. The van der Waals surface area contributed by atoms with Crippen molar-refractivity contribution in [2.45, 2.75) is 11.8 Å². The highest BCUT2D eigenvalue weighted by molar-refractivity contribution is 7.98. The van der Waals surface area contributed by atoms with Gasteiger partial charge in [0.25, 0.3) is 5.56 Å². The summed E-state index contributed by atoms with van der Waals surface area (Å²) >= 11 is 1.48. The summed E-state index contributed by atoms with van der Waals surface area (Å²) in [5.74, 6) is -2.00. The molecule has 2 aromatic carbocycles. The average Bonchev–Trinajstić information content (AvgIpc) is 2.75. The molecule has 1 aliphatic heterocycles. The normalized spacial score (nSPS) is 15.3. The van der Waals surface area contributed by atoms with Crippen LogP contribution in [0.2, 0.25) is 0 Å². The molecule has 2 heterocycles. The van der Waals surface area contributed by atoms with E-state index in [4.69, 9.17) is 5.26 Å². The minimum absolute atomic E-state index is 0.000514. The van der Waals surface area contributed by atoms with E-state index in [2.05, 4.69) is 10.3 Å². The summed E-state index contributed by atoms with van der Waals surface area (Å²) in [6, 6.07) is 6.07. The van der Waals surface area contributed by atoms with Gasteiger partial charge in [0.15, 0.2) is 11.6 Å². The Morgan fingerprint density at radius 2 is 1.90 bits per heavy atom. The van der Waals surface area contributed by atoms with E-state index < -0.39 is 35.1 Å². The molecule has 0 aliphatic carbocycles. The van der Waals surface area contributed by atoms with Crippen LogP contribution in [0, 0.1) is 28.8 Å². The first-order valence-corrected chi connectivity index (χ1v) is 10.3. The maximum Gasteiger partial charge on any atom is 0.322 e. The van der Waals surface area contributed by atoms with Gasteiger partial charge in [0, 0.05) is 35.5 Å². The fraction of sp³-hybridized carbons (Fsp3) is 0.190. The number of anilines is 1. The molecule has 0 bridgehead atoms. The van der Waals surface area contributed by atoms with Gasteiger partial charge in [-0.15, -0.1) is 0 Å². The van der Waals surface area contributed by atoms with Gasteiger partial charge in [0.05, 0.1) is 17.0 Å². The summed E-state index contributed by atoms with van der Waals surface area (Å²) in [6.45, 7) is 0. The Morgan fingerprint density at radius 1 is 1.19 bits per heavy atom. The molecule has 0 fully saturated rings. The molecule has 4 rings (SSSR count). The molecule has 3 aromatic rings. The largest absolute Gasteiger partial charge is 0.324 e. The maximum atomic E-state index is 14.0. The van der Waals surface area contributed by atoms with Crippen LogP contribution in [0.3, 0.4) is 0 Å². The summed E-state index contributed by atoms with van der Waals surface area (Å²) in [6.07, 6.45) is 0. The van der Waals surface area contributed by atoms with Crippen LogP contribution in [0.1, 0.15) is 22.9 Å². The second-order valence-electron chi connectivity index (χ2n) is 7.04. The third-order valence-electron chi connectivity index (χ3n) is 5.17. The number of nitriles is 1. The van der Waals surface area contributed by atoms with Gasteiger partial charge in [0.2, 0.25) is 0 Å². The van der Waals surface area contributed by atoms with E-state index >= 15 is 0 Å². The van der Waals surface area contributed by atoms with Crippen LogP contribution in [0.5, 0.6) is 0 Å². The monoisotopic (exact) mass is 444 g/mol. The number of carbonyl (C=O) groups excluding carboxylic acids is 1. The number of nitrogens with zero attached hydrogens (tertiary/aromatic N) is 2. The minimum Gasteiger partial charge on any atom is -0.324 e. The molecule has 0 saturated carbocycles. The van der Waals surface area contributed by atoms with E-state index in [9.17, 15) is 22.8 Å². The zero-order valence-electron chi connectivity index (χ0n) is 16.1. The first kappa shape index (κ1) is 20.8. The molecule has 0 radical (unpaired) electrons. The van der Waals surface area contributed by atoms with Crippen molar-refractivity contribution in [1.29, 1.82) is 5.26 Å². The van der Waals surface area contributed by atoms with Gasteiger partial charge in [-0.1, -0.05) is 0 Å². The quantitative estimate of drug-likeness (QED) is 0.618. The number of fused-ring (bicyclic) bond motifs is 3. The zero-order chi connectivity index (χ0) is 22.3. The number of aromatic nitrogens is 1. The van der Waals surface area contributed by atoms with Gasteiger partial charge in [-0.05, 0) is 35.7 Å². The number of aromatic amines is 1. The number of halogens is 3. The van der Waals surface area contributed by atoms with Crippen LogP contribution < -0.4 is 10.9 Å².